The van der Waals surface area contributed by atoms with Gasteiger partial charge >= 0.3 is 0 Å². The number of carbonyl (C=O) groups excluding carboxylic acids is 1. The van der Waals surface area contributed by atoms with Crippen molar-refractivity contribution in [2.24, 2.45) is 7.05 Å². The molecule has 0 radical (unpaired) electrons. The topological polar surface area (TPSA) is 67.2 Å². The summed E-state index contributed by atoms with van der Waals surface area (Å²) in [5, 5.41) is 15.7. The van der Waals surface area contributed by atoms with Crippen LogP contribution >= 0.6 is 0 Å². The second kappa shape index (κ2) is 6.07. The first-order valence-electron chi connectivity index (χ1n) is 5.20. The minimum atomic E-state index is -0.386. The zero-order valence-electron chi connectivity index (χ0n) is 9.55. The second-order valence-corrected chi connectivity index (χ2v) is 3.71. The van der Waals surface area contributed by atoms with Crippen molar-refractivity contribution in [3.05, 3.63) is 24.0 Å². The Morgan fingerprint density at radius 1 is 1.75 bits per heavy atom. The molecule has 1 amide bonds. The first-order valence-corrected chi connectivity index (χ1v) is 5.20. The summed E-state index contributed by atoms with van der Waals surface area (Å²) in [5.74, 6) is -0.162. The minimum absolute atomic E-state index is 0.162. The highest BCUT2D eigenvalue weighted by Crippen LogP contribution is 1.98. The maximum absolute atomic E-state index is 11.3. The minimum Gasteiger partial charge on any atom is -0.393 e. The van der Waals surface area contributed by atoms with Gasteiger partial charge in [-0.15, -0.1) is 0 Å². The lowest BCUT2D eigenvalue weighted by Gasteiger charge is -2.03. The van der Waals surface area contributed by atoms with Gasteiger partial charge in [-0.1, -0.05) is 0 Å². The van der Waals surface area contributed by atoms with E-state index in [-0.39, 0.29) is 12.0 Å². The third kappa shape index (κ3) is 4.75. The number of aliphatic hydroxyl groups excluding tert-OH is 1. The van der Waals surface area contributed by atoms with Crippen LogP contribution in [0.2, 0.25) is 0 Å². The number of aryl methyl sites for hydroxylation is 1. The van der Waals surface area contributed by atoms with Crippen molar-refractivity contribution < 1.29 is 9.90 Å². The number of nitrogens with one attached hydrogen (secondary N) is 1. The zero-order chi connectivity index (χ0) is 12.0. The molecule has 0 aliphatic rings. The highest BCUT2D eigenvalue weighted by molar-refractivity contribution is 5.91. The standard InChI is InChI=1S/C11H17N3O2/c1-9(15)5-6-12-11(16)4-3-10-7-13-14(2)8-10/h3-4,7-9,15H,5-6H2,1-2H3,(H,12,16). The molecule has 1 aromatic heterocycles. The van der Waals surface area contributed by atoms with Crippen molar-refractivity contribution in [1.82, 2.24) is 15.1 Å². The van der Waals surface area contributed by atoms with Gasteiger partial charge in [0, 0.05) is 31.4 Å². The fraction of sp³-hybridized carbons (Fsp3) is 0.455. The van der Waals surface area contributed by atoms with Gasteiger partial charge in [-0.05, 0) is 19.4 Å². The van der Waals surface area contributed by atoms with Crippen LogP contribution in [0.25, 0.3) is 6.08 Å². The fourth-order valence-electron chi connectivity index (χ4n) is 1.16. The molecule has 0 spiro atoms. The molecule has 0 saturated heterocycles. The highest BCUT2D eigenvalue weighted by atomic mass is 16.3. The Labute approximate surface area is 94.8 Å². The number of amides is 1. The maximum atomic E-state index is 11.3. The van der Waals surface area contributed by atoms with Crippen LogP contribution < -0.4 is 5.32 Å². The van der Waals surface area contributed by atoms with Gasteiger partial charge in [-0.3, -0.25) is 9.48 Å². The Hall–Kier alpha value is -1.62. The number of aliphatic hydroxyl groups is 1. The van der Waals surface area contributed by atoms with Crippen molar-refractivity contribution in [2.75, 3.05) is 6.54 Å². The molecule has 1 unspecified atom stereocenters. The molecule has 1 heterocycles. The molecule has 5 heteroatoms. The third-order valence-corrected chi connectivity index (χ3v) is 2.01. The molecule has 0 saturated carbocycles. The van der Waals surface area contributed by atoms with Crippen LogP contribution in [0.3, 0.4) is 0 Å². The van der Waals surface area contributed by atoms with Gasteiger partial charge in [0.25, 0.3) is 0 Å². The van der Waals surface area contributed by atoms with Crippen LogP contribution in [0.4, 0.5) is 0 Å². The van der Waals surface area contributed by atoms with Gasteiger partial charge < -0.3 is 10.4 Å². The van der Waals surface area contributed by atoms with Crippen molar-refractivity contribution >= 4 is 12.0 Å². The van der Waals surface area contributed by atoms with Crippen molar-refractivity contribution in [3.8, 4) is 0 Å². The van der Waals surface area contributed by atoms with E-state index < -0.39 is 0 Å². The lowest BCUT2D eigenvalue weighted by molar-refractivity contribution is -0.116. The number of rotatable bonds is 5. The van der Waals surface area contributed by atoms with Gasteiger partial charge in [0.1, 0.15) is 0 Å². The molecular weight excluding hydrogens is 206 g/mol. The van der Waals surface area contributed by atoms with Crippen LogP contribution in [0.1, 0.15) is 18.9 Å². The molecule has 0 aliphatic carbocycles. The molecule has 2 N–H and O–H groups in total. The summed E-state index contributed by atoms with van der Waals surface area (Å²) in [6, 6.07) is 0. The molecule has 1 atom stereocenters. The molecule has 1 aromatic rings. The maximum Gasteiger partial charge on any atom is 0.244 e. The van der Waals surface area contributed by atoms with Gasteiger partial charge in [-0.25, -0.2) is 0 Å². The van der Waals surface area contributed by atoms with Gasteiger partial charge in [0.15, 0.2) is 0 Å². The summed E-state index contributed by atoms with van der Waals surface area (Å²) in [6.07, 6.45) is 6.83. The monoisotopic (exact) mass is 223 g/mol. The van der Waals surface area contributed by atoms with E-state index in [1.807, 2.05) is 13.2 Å². The van der Waals surface area contributed by atoms with Gasteiger partial charge in [-0.2, -0.15) is 5.10 Å². The molecule has 0 aliphatic heterocycles. The SMILES string of the molecule is CC(O)CCNC(=O)C=Cc1cnn(C)c1. The number of aromatic nitrogens is 2. The summed E-state index contributed by atoms with van der Waals surface area (Å²) >= 11 is 0. The highest BCUT2D eigenvalue weighted by Gasteiger charge is 1.98. The normalized spacial score (nSPS) is 12.9. The average molecular weight is 223 g/mol. The number of hydrogen-bond acceptors (Lipinski definition) is 3. The Bertz CT molecular complexity index is 369. The van der Waals surface area contributed by atoms with E-state index in [0.29, 0.717) is 13.0 Å². The average Bonchev–Trinajstić information content (AvgIpc) is 2.61. The zero-order valence-corrected chi connectivity index (χ0v) is 9.55. The van der Waals surface area contributed by atoms with E-state index in [2.05, 4.69) is 10.4 Å². The second-order valence-electron chi connectivity index (χ2n) is 3.71. The van der Waals surface area contributed by atoms with Crippen LogP contribution in [-0.2, 0) is 11.8 Å². The van der Waals surface area contributed by atoms with E-state index in [0.717, 1.165) is 5.56 Å². The summed E-state index contributed by atoms with van der Waals surface area (Å²) in [5.41, 5.74) is 0.883. The van der Waals surface area contributed by atoms with Crippen LogP contribution in [-0.4, -0.2) is 33.4 Å². The quantitative estimate of drug-likeness (QED) is 0.706. The van der Waals surface area contributed by atoms with E-state index >= 15 is 0 Å². The lowest BCUT2D eigenvalue weighted by atomic mass is 10.3. The summed E-state index contributed by atoms with van der Waals surface area (Å²) in [6.45, 7) is 2.17. The molecule has 5 nitrogen and oxygen atoms in total. The van der Waals surface area contributed by atoms with Crippen molar-refractivity contribution in [3.63, 3.8) is 0 Å². The van der Waals surface area contributed by atoms with E-state index in [1.165, 1.54) is 6.08 Å². The van der Waals surface area contributed by atoms with E-state index in [4.69, 9.17) is 5.11 Å². The number of hydrogen-bond donors (Lipinski definition) is 2. The fourth-order valence-corrected chi connectivity index (χ4v) is 1.16. The Morgan fingerprint density at radius 2 is 2.50 bits per heavy atom. The molecule has 1 rings (SSSR count). The predicted octanol–water partition coefficient (Wildman–Crippen LogP) is 0.320. The Morgan fingerprint density at radius 3 is 3.06 bits per heavy atom. The molecule has 0 aromatic carbocycles. The Balaban J connectivity index is 2.31. The lowest BCUT2D eigenvalue weighted by Crippen LogP contribution is -2.24. The van der Waals surface area contributed by atoms with Crippen molar-refractivity contribution in [1.29, 1.82) is 0 Å². The summed E-state index contributed by atoms with van der Waals surface area (Å²) in [7, 11) is 1.82. The van der Waals surface area contributed by atoms with Crippen molar-refractivity contribution in [2.45, 2.75) is 19.4 Å². The smallest absolute Gasteiger partial charge is 0.244 e. The van der Waals surface area contributed by atoms with Crippen LogP contribution in [0.15, 0.2) is 18.5 Å². The molecule has 0 fully saturated rings. The van der Waals surface area contributed by atoms with Crippen LogP contribution in [0.5, 0.6) is 0 Å². The largest absolute Gasteiger partial charge is 0.393 e. The molecule has 0 bridgehead atoms. The number of carbonyl (C=O) groups is 1. The van der Waals surface area contributed by atoms with Gasteiger partial charge in [0.05, 0.1) is 12.3 Å². The van der Waals surface area contributed by atoms with Crippen LogP contribution in [0, 0.1) is 0 Å². The molecule has 88 valence electrons. The first-order chi connectivity index (χ1) is 7.58. The number of nitrogens with zero attached hydrogens (tertiary/aromatic N) is 2. The summed E-state index contributed by atoms with van der Waals surface area (Å²) < 4.78 is 1.67. The van der Waals surface area contributed by atoms with E-state index in [9.17, 15) is 4.79 Å². The van der Waals surface area contributed by atoms with E-state index in [1.54, 1.807) is 23.9 Å². The molecule has 16 heavy (non-hydrogen) atoms. The summed E-state index contributed by atoms with van der Waals surface area (Å²) in [4.78, 5) is 11.3. The Kier molecular flexibility index (Phi) is 4.72. The molecular formula is C11H17N3O2. The predicted molar refractivity (Wildman–Crippen MR) is 61.5 cm³/mol. The van der Waals surface area contributed by atoms with Gasteiger partial charge in [0.2, 0.25) is 5.91 Å². The first kappa shape index (κ1) is 12.4. The third-order valence-electron chi connectivity index (χ3n) is 2.01.